The van der Waals surface area contributed by atoms with Crippen molar-refractivity contribution in [3.63, 3.8) is 0 Å². The molecular weight excluding hydrogens is 684 g/mol. The van der Waals surface area contributed by atoms with Gasteiger partial charge in [-0.1, -0.05) is 0 Å². The zero-order valence-electron chi connectivity index (χ0n) is 29.0. The van der Waals surface area contributed by atoms with Gasteiger partial charge in [0.2, 0.25) is 11.6 Å². The van der Waals surface area contributed by atoms with E-state index in [1.165, 1.54) is 29.6 Å². The number of nitrogens with one attached hydrogen (secondary N) is 2. The summed E-state index contributed by atoms with van der Waals surface area (Å²) >= 11 is 0. The summed E-state index contributed by atoms with van der Waals surface area (Å²) in [5, 5.41) is 35.9. The van der Waals surface area contributed by atoms with E-state index in [4.69, 9.17) is 20.7 Å². The molecule has 7 rings (SSSR count). The summed E-state index contributed by atoms with van der Waals surface area (Å²) in [6, 6.07) is 8.79. The summed E-state index contributed by atoms with van der Waals surface area (Å²) in [5.41, 5.74) is 12.4. The Balaban J connectivity index is 1.11. The normalized spacial score (nSPS) is 17.9. The first-order valence-electron chi connectivity index (χ1n) is 17.4. The van der Waals surface area contributed by atoms with Crippen LogP contribution in [0.3, 0.4) is 0 Å². The molecule has 0 saturated heterocycles. The van der Waals surface area contributed by atoms with Gasteiger partial charge >= 0.3 is 5.63 Å². The standard InChI is InChI=1S/C37H40N8O8/c1-20-30(36(49)45(51)14-10-24(17-38)42-39)41-35(52-20)29-27(8-9-28(46)32(29)47)44-13-2-5-21(19-44)18-40-34(48)26-16-23-15-22-6-3-11-43-12-4-7-25(31(22)43)33(23)53-37(26)50/h2,5,8-9,13,15-17,19-20,30,42,51H,3-4,6-7,10-12,14,18,38-39H2,1H3,(H2-,40,41,46,47,48)/p+1/b24-17-. The van der Waals surface area contributed by atoms with Crippen molar-refractivity contribution in [2.45, 2.75) is 57.7 Å². The molecule has 2 amide bonds. The highest BCUT2D eigenvalue weighted by molar-refractivity contribution is 6.03. The second-order valence-corrected chi connectivity index (χ2v) is 13.3. The van der Waals surface area contributed by atoms with E-state index in [-0.39, 0.29) is 36.5 Å². The number of aliphatic imine (C=N–C) groups is 1. The summed E-state index contributed by atoms with van der Waals surface area (Å²) in [6.45, 7) is 3.47. The molecule has 4 aromatic rings. The fraction of sp³-hybridized carbons (Fsp3) is 0.324. The van der Waals surface area contributed by atoms with Crippen LogP contribution in [0.4, 0.5) is 5.69 Å². The molecule has 5 heterocycles. The van der Waals surface area contributed by atoms with Crippen molar-refractivity contribution in [3.05, 3.63) is 98.9 Å². The summed E-state index contributed by atoms with van der Waals surface area (Å²) in [4.78, 5) is 46.4. The maximum Gasteiger partial charge on any atom is 0.349 e. The van der Waals surface area contributed by atoms with Crippen molar-refractivity contribution in [1.82, 2.24) is 15.8 Å². The molecule has 0 fully saturated rings. The average molecular weight is 726 g/mol. The molecule has 276 valence electrons. The molecule has 0 bridgehead atoms. The quantitative estimate of drug-likeness (QED) is 0.0308. The first-order valence-corrected chi connectivity index (χ1v) is 17.4. The fourth-order valence-corrected chi connectivity index (χ4v) is 7.23. The van der Waals surface area contributed by atoms with Gasteiger partial charge in [0.1, 0.15) is 17.3 Å². The molecule has 0 radical (unpaired) electrons. The van der Waals surface area contributed by atoms with E-state index < -0.39 is 41.1 Å². The van der Waals surface area contributed by atoms with Crippen molar-refractivity contribution in [3.8, 4) is 17.2 Å². The lowest BCUT2D eigenvalue weighted by molar-refractivity contribution is -0.596. The van der Waals surface area contributed by atoms with Gasteiger partial charge in [0, 0.05) is 72.3 Å². The van der Waals surface area contributed by atoms with Gasteiger partial charge in [-0.15, -0.1) is 0 Å². The average Bonchev–Trinajstić information content (AvgIpc) is 3.55. The number of aromatic nitrogens is 1. The molecule has 0 spiro atoms. The van der Waals surface area contributed by atoms with E-state index in [9.17, 15) is 29.8 Å². The second-order valence-electron chi connectivity index (χ2n) is 13.3. The van der Waals surface area contributed by atoms with Gasteiger partial charge in [-0.2, -0.15) is 4.57 Å². The van der Waals surface area contributed by atoms with Crippen LogP contribution in [0.2, 0.25) is 0 Å². The lowest BCUT2D eigenvalue weighted by Crippen LogP contribution is -2.41. The minimum Gasteiger partial charge on any atom is -0.504 e. The van der Waals surface area contributed by atoms with Crippen LogP contribution < -0.4 is 37.4 Å². The second kappa shape index (κ2) is 14.5. The summed E-state index contributed by atoms with van der Waals surface area (Å²) in [5.74, 6) is 2.92. The molecule has 2 atom stereocenters. The summed E-state index contributed by atoms with van der Waals surface area (Å²) in [7, 11) is 0. The van der Waals surface area contributed by atoms with Gasteiger partial charge in [-0.05, 0) is 62.4 Å². The number of phenolic OH excluding ortho intramolecular Hbond substituents is 2. The van der Waals surface area contributed by atoms with Crippen LogP contribution in [0.1, 0.15) is 58.8 Å². The topological polar surface area (TPSA) is 233 Å². The highest BCUT2D eigenvalue weighted by Crippen LogP contribution is 2.40. The molecule has 2 aromatic carbocycles. The first kappa shape index (κ1) is 35.3. The van der Waals surface area contributed by atoms with Gasteiger partial charge in [-0.25, -0.2) is 14.9 Å². The number of ether oxygens (including phenoxy) is 1. The number of hydrogen-bond donors (Lipinski definition) is 7. The molecule has 3 aliphatic heterocycles. The van der Waals surface area contributed by atoms with E-state index in [1.807, 2.05) is 6.07 Å². The number of pyridine rings is 1. The van der Waals surface area contributed by atoms with Gasteiger partial charge in [0.25, 0.3) is 11.8 Å². The Bertz CT molecular complexity index is 2230. The van der Waals surface area contributed by atoms with Crippen LogP contribution in [0.15, 0.2) is 74.9 Å². The number of hydrogen-bond acceptors (Lipinski definition) is 13. The van der Waals surface area contributed by atoms with Crippen LogP contribution in [0, 0.1) is 0 Å². The van der Waals surface area contributed by atoms with Crippen LogP contribution in [-0.2, 0) is 28.9 Å². The van der Waals surface area contributed by atoms with E-state index >= 15 is 0 Å². The number of rotatable bonds is 10. The van der Waals surface area contributed by atoms with Gasteiger partial charge < -0.3 is 40.7 Å². The monoisotopic (exact) mass is 725 g/mol. The van der Waals surface area contributed by atoms with E-state index in [2.05, 4.69) is 20.6 Å². The smallest absolute Gasteiger partial charge is 0.349 e. The molecule has 0 aliphatic carbocycles. The van der Waals surface area contributed by atoms with E-state index in [1.54, 1.807) is 42.1 Å². The Morgan fingerprint density at radius 1 is 1.17 bits per heavy atom. The van der Waals surface area contributed by atoms with E-state index in [0.29, 0.717) is 27.6 Å². The lowest BCUT2D eigenvalue weighted by atomic mass is 9.90. The summed E-state index contributed by atoms with van der Waals surface area (Å²) < 4.78 is 13.3. The number of hydroxylamine groups is 2. The number of aryl methyl sites for hydroxylation is 2. The van der Waals surface area contributed by atoms with Gasteiger partial charge in [0.15, 0.2) is 35.5 Å². The number of carbonyl (C=O) groups excluding carboxylic acids is 2. The van der Waals surface area contributed by atoms with Crippen LogP contribution in [-0.4, -0.2) is 70.0 Å². The number of anilines is 1. The van der Waals surface area contributed by atoms with E-state index in [0.717, 1.165) is 49.7 Å². The molecular formula is C37H41N8O8+. The number of hydrazine groups is 1. The molecule has 2 unspecified atom stereocenters. The van der Waals surface area contributed by atoms with Crippen molar-refractivity contribution < 1.29 is 38.7 Å². The van der Waals surface area contributed by atoms with Crippen LogP contribution >= 0.6 is 0 Å². The number of phenols is 2. The Morgan fingerprint density at radius 3 is 2.74 bits per heavy atom. The van der Waals surface area contributed by atoms with Crippen molar-refractivity contribution in [1.29, 1.82) is 0 Å². The Hall–Kier alpha value is -6.13. The molecule has 53 heavy (non-hydrogen) atoms. The Labute approximate surface area is 303 Å². The molecule has 2 aromatic heterocycles. The highest BCUT2D eigenvalue weighted by Gasteiger charge is 2.39. The maximum absolute atomic E-state index is 13.4. The third kappa shape index (κ3) is 6.69. The Morgan fingerprint density at radius 2 is 1.96 bits per heavy atom. The van der Waals surface area contributed by atoms with Crippen molar-refractivity contribution in [2.75, 3.05) is 24.5 Å². The third-order valence-electron chi connectivity index (χ3n) is 9.89. The lowest BCUT2D eigenvalue weighted by Gasteiger charge is -2.37. The molecule has 16 heteroatoms. The fourth-order valence-electron chi connectivity index (χ4n) is 7.23. The van der Waals surface area contributed by atoms with Gasteiger partial charge in [-0.3, -0.25) is 20.6 Å². The molecule has 0 saturated carbocycles. The Kier molecular flexibility index (Phi) is 9.64. The van der Waals surface area contributed by atoms with Crippen molar-refractivity contribution >= 4 is 34.4 Å². The largest absolute Gasteiger partial charge is 0.504 e. The zero-order chi connectivity index (χ0) is 37.4. The van der Waals surface area contributed by atoms with Crippen molar-refractivity contribution in [2.24, 2.45) is 16.6 Å². The predicted molar refractivity (Wildman–Crippen MR) is 192 cm³/mol. The third-order valence-corrected chi connectivity index (χ3v) is 9.89. The number of nitrogens with two attached hydrogens (primary N) is 2. The number of nitrogens with zero attached hydrogens (tertiary/aromatic N) is 4. The van der Waals surface area contributed by atoms with Crippen LogP contribution in [0.5, 0.6) is 11.5 Å². The molecule has 16 nitrogen and oxygen atoms in total. The maximum atomic E-state index is 13.4. The number of amides is 2. The zero-order valence-corrected chi connectivity index (χ0v) is 29.0. The van der Waals surface area contributed by atoms with Crippen LogP contribution in [0.25, 0.3) is 16.7 Å². The number of carbonyl (C=O) groups is 2. The molecule has 9 N–H and O–H groups in total. The minimum absolute atomic E-state index is 0.00150. The number of benzene rings is 2. The molecule has 3 aliphatic rings. The SMILES string of the molecule is CC1OC(c2c(-[n+]3cccc(CNC(=O)c4cc5cc6c7c(c5oc4=O)CCCN7CCC6)c3)ccc(O)c2O)=NC1C(=O)N(O)CC/C(=C/N)NN. The predicted octanol–water partition coefficient (Wildman–Crippen LogP) is 1.51. The number of fused-ring (bicyclic) bond motifs is 2. The van der Waals surface area contributed by atoms with Gasteiger partial charge in [0.05, 0.1) is 6.54 Å². The highest BCUT2D eigenvalue weighted by atomic mass is 16.5. The summed E-state index contributed by atoms with van der Waals surface area (Å²) in [6.07, 6.45) is 7.69. The minimum atomic E-state index is -1.16. The number of aromatic hydroxyl groups is 2. The first-order chi connectivity index (χ1) is 25.6.